The van der Waals surface area contributed by atoms with Gasteiger partial charge in [0.25, 0.3) is 5.91 Å². The van der Waals surface area contributed by atoms with Crippen molar-refractivity contribution in [1.82, 2.24) is 4.90 Å². The fraction of sp³-hybridized carbons (Fsp3) is 0.286. The summed E-state index contributed by atoms with van der Waals surface area (Å²) in [6.07, 6.45) is 0.815. The van der Waals surface area contributed by atoms with E-state index in [-0.39, 0.29) is 18.1 Å². The summed E-state index contributed by atoms with van der Waals surface area (Å²) in [6, 6.07) is 16.2. The van der Waals surface area contributed by atoms with Gasteiger partial charge in [0.2, 0.25) is 0 Å². The summed E-state index contributed by atoms with van der Waals surface area (Å²) in [5, 5.41) is 8.89. The molecule has 0 fully saturated rings. The Kier molecular flexibility index (Phi) is 6.92. The Morgan fingerprint density at radius 1 is 1.15 bits per heavy atom. The number of nitrogens with zero attached hydrogens (tertiary/aromatic N) is 2. The van der Waals surface area contributed by atoms with Gasteiger partial charge in [-0.25, -0.2) is 4.79 Å². The normalized spacial score (nSPS) is 10.0. The predicted octanol–water partition coefficient (Wildman–Crippen LogP) is 3.46. The van der Waals surface area contributed by atoms with Gasteiger partial charge in [0.15, 0.2) is 6.61 Å². The number of hydrogen-bond acceptors (Lipinski definition) is 4. The molecule has 0 aliphatic heterocycles. The van der Waals surface area contributed by atoms with Crippen LogP contribution in [0.3, 0.4) is 0 Å². The number of aryl methyl sites for hydroxylation is 1. The molecule has 2 aromatic carbocycles. The van der Waals surface area contributed by atoms with Crippen LogP contribution in [0.2, 0.25) is 0 Å². The molecule has 0 unspecified atom stereocenters. The summed E-state index contributed by atoms with van der Waals surface area (Å²) in [6.45, 7) is 4.76. The molecule has 0 N–H and O–H groups in total. The minimum absolute atomic E-state index is 0.239. The van der Waals surface area contributed by atoms with Gasteiger partial charge in [0.05, 0.1) is 17.2 Å². The highest BCUT2D eigenvalue weighted by molar-refractivity contribution is 5.91. The largest absolute Gasteiger partial charge is 0.452 e. The predicted molar refractivity (Wildman–Crippen MR) is 98.3 cm³/mol. The smallest absolute Gasteiger partial charge is 0.338 e. The molecule has 26 heavy (non-hydrogen) atoms. The third-order valence-electron chi connectivity index (χ3n) is 3.89. The van der Waals surface area contributed by atoms with E-state index in [2.05, 4.69) is 0 Å². The van der Waals surface area contributed by atoms with Gasteiger partial charge >= 0.3 is 5.97 Å². The second-order valence-electron chi connectivity index (χ2n) is 6.07. The first-order chi connectivity index (χ1) is 12.5. The topological polar surface area (TPSA) is 70.4 Å². The molecule has 0 saturated carbocycles. The van der Waals surface area contributed by atoms with Gasteiger partial charge in [-0.2, -0.15) is 5.26 Å². The number of amides is 1. The van der Waals surface area contributed by atoms with Crippen LogP contribution in [-0.4, -0.2) is 29.9 Å². The molecule has 0 aliphatic carbocycles. The van der Waals surface area contributed by atoms with Crippen molar-refractivity contribution in [3.05, 3.63) is 70.8 Å². The molecule has 5 nitrogen and oxygen atoms in total. The van der Waals surface area contributed by atoms with Crippen molar-refractivity contribution in [3.8, 4) is 6.07 Å². The molecule has 0 bridgehead atoms. The molecule has 0 spiro atoms. The Morgan fingerprint density at radius 2 is 1.88 bits per heavy atom. The molecule has 2 aromatic rings. The zero-order valence-corrected chi connectivity index (χ0v) is 15.1. The second kappa shape index (κ2) is 9.38. The molecule has 0 aromatic heterocycles. The van der Waals surface area contributed by atoms with E-state index in [1.807, 2.05) is 44.2 Å². The minimum atomic E-state index is -0.609. The van der Waals surface area contributed by atoms with Gasteiger partial charge in [-0.15, -0.1) is 0 Å². The quantitative estimate of drug-likeness (QED) is 0.717. The van der Waals surface area contributed by atoms with Crippen LogP contribution in [-0.2, 0) is 16.1 Å². The van der Waals surface area contributed by atoms with Crippen molar-refractivity contribution in [3.63, 3.8) is 0 Å². The van der Waals surface area contributed by atoms with E-state index in [0.717, 1.165) is 17.5 Å². The molecule has 0 radical (unpaired) electrons. The number of rotatable bonds is 7. The average molecular weight is 350 g/mol. The second-order valence-corrected chi connectivity index (χ2v) is 6.07. The van der Waals surface area contributed by atoms with E-state index in [1.54, 1.807) is 23.1 Å². The number of esters is 1. The summed E-state index contributed by atoms with van der Waals surface area (Å²) in [7, 11) is 0. The van der Waals surface area contributed by atoms with Gasteiger partial charge < -0.3 is 9.64 Å². The van der Waals surface area contributed by atoms with Crippen molar-refractivity contribution in [1.29, 1.82) is 5.26 Å². The first-order valence-corrected chi connectivity index (χ1v) is 8.54. The molecular formula is C21H22N2O3. The SMILES string of the molecule is CCCN(Cc1ccc(C)cc1)C(=O)COC(=O)c1cccc(C#N)c1. The Balaban J connectivity index is 1.97. The number of nitriles is 1. The number of hydrogen-bond donors (Lipinski definition) is 0. The fourth-order valence-electron chi connectivity index (χ4n) is 2.49. The van der Waals surface area contributed by atoms with E-state index in [9.17, 15) is 9.59 Å². The summed E-state index contributed by atoms with van der Waals surface area (Å²) in [5.41, 5.74) is 2.83. The molecule has 0 heterocycles. The highest BCUT2D eigenvalue weighted by Gasteiger charge is 2.16. The van der Waals surface area contributed by atoms with Crippen LogP contribution < -0.4 is 0 Å². The van der Waals surface area contributed by atoms with Crippen LogP contribution in [0.25, 0.3) is 0 Å². The lowest BCUT2D eigenvalue weighted by Crippen LogP contribution is -2.34. The number of ether oxygens (including phenoxy) is 1. The molecule has 134 valence electrons. The molecule has 0 atom stereocenters. The van der Waals surface area contributed by atoms with Crippen molar-refractivity contribution in [2.45, 2.75) is 26.8 Å². The maximum Gasteiger partial charge on any atom is 0.338 e. The first kappa shape index (κ1) is 19.2. The van der Waals surface area contributed by atoms with E-state index in [1.165, 1.54) is 6.07 Å². The molecule has 1 amide bonds. The van der Waals surface area contributed by atoms with Crippen molar-refractivity contribution < 1.29 is 14.3 Å². The lowest BCUT2D eigenvalue weighted by molar-refractivity contribution is -0.135. The van der Waals surface area contributed by atoms with Crippen LogP contribution in [0, 0.1) is 18.3 Å². The van der Waals surface area contributed by atoms with Crippen LogP contribution >= 0.6 is 0 Å². The van der Waals surface area contributed by atoms with Gasteiger partial charge in [0, 0.05) is 13.1 Å². The Hall–Kier alpha value is -3.13. The van der Waals surface area contributed by atoms with Crippen LogP contribution in [0.1, 0.15) is 40.4 Å². The summed E-state index contributed by atoms with van der Waals surface area (Å²) in [5.74, 6) is -0.848. The zero-order valence-electron chi connectivity index (χ0n) is 15.1. The van der Waals surface area contributed by atoms with Gasteiger partial charge in [-0.05, 0) is 37.1 Å². The number of benzene rings is 2. The van der Waals surface area contributed by atoms with Crippen molar-refractivity contribution >= 4 is 11.9 Å². The number of carbonyl (C=O) groups is 2. The minimum Gasteiger partial charge on any atom is -0.452 e. The van der Waals surface area contributed by atoms with Crippen LogP contribution in [0.4, 0.5) is 0 Å². The van der Waals surface area contributed by atoms with Gasteiger partial charge in [-0.1, -0.05) is 42.8 Å². The lowest BCUT2D eigenvalue weighted by Gasteiger charge is -2.22. The van der Waals surface area contributed by atoms with E-state index in [4.69, 9.17) is 10.00 Å². The standard InChI is InChI=1S/C21H22N2O3/c1-3-11-23(14-17-9-7-16(2)8-10-17)20(24)15-26-21(25)19-6-4-5-18(12-19)13-22/h4-10,12H,3,11,14-15H2,1-2H3. The molecular weight excluding hydrogens is 328 g/mol. The fourth-order valence-corrected chi connectivity index (χ4v) is 2.49. The highest BCUT2D eigenvalue weighted by Crippen LogP contribution is 2.09. The summed E-state index contributed by atoms with van der Waals surface area (Å²) in [4.78, 5) is 26.2. The summed E-state index contributed by atoms with van der Waals surface area (Å²) < 4.78 is 5.13. The maximum absolute atomic E-state index is 12.5. The van der Waals surface area contributed by atoms with Crippen molar-refractivity contribution in [2.75, 3.05) is 13.2 Å². The summed E-state index contributed by atoms with van der Waals surface area (Å²) >= 11 is 0. The third-order valence-corrected chi connectivity index (χ3v) is 3.89. The van der Waals surface area contributed by atoms with E-state index < -0.39 is 5.97 Å². The Morgan fingerprint density at radius 3 is 2.54 bits per heavy atom. The maximum atomic E-state index is 12.5. The van der Waals surface area contributed by atoms with Gasteiger partial charge in [0.1, 0.15) is 0 Å². The zero-order chi connectivity index (χ0) is 18.9. The van der Waals surface area contributed by atoms with Crippen molar-refractivity contribution in [2.24, 2.45) is 0 Å². The highest BCUT2D eigenvalue weighted by atomic mass is 16.5. The third kappa shape index (κ3) is 5.45. The first-order valence-electron chi connectivity index (χ1n) is 8.54. The van der Waals surface area contributed by atoms with E-state index >= 15 is 0 Å². The lowest BCUT2D eigenvalue weighted by atomic mass is 10.1. The monoisotopic (exact) mass is 350 g/mol. The molecule has 5 heteroatoms. The van der Waals surface area contributed by atoms with Crippen LogP contribution in [0.15, 0.2) is 48.5 Å². The Bertz CT molecular complexity index is 807. The average Bonchev–Trinajstić information content (AvgIpc) is 2.67. The Labute approximate surface area is 153 Å². The molecule has 0 aliphatic rings. The van der Waals surface area contributed by atoms with Crippen LogP contribution in [0.5, 0.6) is 0 Å². The molecule has 0 saturated heterocycles. The molecule has 2 rings (SSSR count). The number of carbonyl (C=O) groups excluding carboxylic acids is 2. The van der Waals surface area contributed by atoms with E-state index in [0.29, 0.717) is 18.7 Å². The van der Waals surface area contributed by atoms with Gasteiger partial charge in [-0.3, -0.25) is 4.79 Å².